The lowest BCUT2D eigenvalue weighted by Gasteiger charge is -2.25. The van der Waals surface area contributed by atoms with Gasteiger partial charge in [0.1, 0.15) is 0 Å². The van der Waals surface area contributed by atoms with Crippen LogP contribution in [0, 0.1) is 18.6 Å². The molecule has 1 amide bonds. The van der Waals surface area contributed by atoms with Gasteiger partial charge < -0.3 is 9.47 Å². The van der Waals surface area contributed by atoms with Crippen LogP contribution in [0.15, 0.2) is 28.4 Å². The minimum Gasteiger partial charge on any atom is -0.339 e. The fourth-order valence-corrected chi connectivity index (χ4v) is 3.03. The number of benzene rings is 1. The first-order valence-corrected chi connectivity index (χ1v) is 8.04. The third-order valence-electron chi connectivity index (χ3n) is 3.93. The van der Waals surface area contributed by atoms with Crippen molar-refractivity contribution < 1.29 is 13.6 Å². The number of rotatable bonds is 5. The van der Waals surface area contributed by atoms with Gasteiger partial charge in [-0.1, -0.05) is 17.4 Å². The van der Waals surface area contributed by atoms with E-state index in [4.69, 9.17) is 0 Å². The van der Waals surface area contributed by atoms with E-state index < -0.39 is 17.7 Å². The van der Waals surface area contributed by atoms with Crippen LogP contribution in [0.4, 0.5) is 8.78 Å². The third kappa shape index (κ3) is 3.85. The Balaban J connectivity index is 2.04. The monoisotopic (exact) mass is 340 g/mol. The zero-order valence-electron chi connectivity index (χ0n) is 13.2. The molecule has 23 heavy (non-hydrogen) atoms. The van der Waals surface area contributed by atoms with Crippen molar-refractivity contribution >= 4 is 17.2 Å². The van der Waals surface area contributed by atoms with E-state index in [0.717, 1.165) is 29.2 Å². The first kappa shape index (κ1) is 17.3. The molecule has 1 aromatic carbocycles. The maximum atomic E-state index is 13.3. The summed E-state index contributed by atoms with van der Waals surface area (Å²) >= 11 is 1.10. The Labute approximate surface area is 137 Å². The summed E-state index contributed by atoms with van der Waals surface area (Å²) in [5.74, 6) is -2.02. The highest BCUT2D eigenvalue weighted by molar-refractivity contribution is 7.07. The van der Waals surface area contributed by atoms with Crippen LogP contribution in [0.25, 0.3) is 0 Å². The number of aromatic nitrogens is 1. The molecule has 1 atom stereocenters. The Hall–Kier alpha value is -2.02. The standard InChI is InChI=1S/C16H18F2N2O2S/c1-10-9-23-16(22)20(10)7-6-15(21)19(3)11(2)12-4-5-13(17)14(18)8-12/h4-5,8-9,11H,6-7H2,1-3H3. The molecule has 0 saturated heterocycles. The van der Waals surface area contributed by atoms with Gasteiger partial charge in [0.25, 0.3) is 0 Å². The first-order chi connectivity index (χ1) is 10.8. The van der Waals surface area contributed by atoms with Crippen LogP contribution in [-0.4, -0.2) is 22.4 Å². The molecular formula is C16H18F2N2O2S. The lowest BCUT2D eigenvalue weighted by atomic mass is 10.1. The van der Waals surface area contributed by atoms with Gasteiger partial charge in [-0.3, -0.25) is 9.59 Å². The number of carbonyl (C=O) groups is 1. The zero-order chi connectivity index (χ0) is 17.1. The van der Waals surface area contributed by atoms with Crippen molar-refractivity contribution in [2.45, 2.75) is 32.9 Å². The van der Waals surface area contributed by atoms with Gasteiger partial charge in [0.15, 0.2) is 11.6 Å². The lowest BCUT2D eigenvalue weighted by Crippen LogP contribution is -2.31. The number of nitrogens with zero attached hydrogens (tertiary/aromatic N) is 2. The summed E-state index contributed by atoms with van der Waals surface area (Å²) in [5.41, 5.74) is 1.34. The molecule has 0 N–H and O–H groups in total. The summed E-state index contributed by atoms with van der Waals surface area (Å²) in [5, 5.41) is 1.75. The van der Waals surface area contributed by atoms with Gasteiger partial charge in [-0.2, -0.15) is 0 Å². The van der Waals surface area contributed by atoms with Crippen molar-refractivity contribution in [3.63, 3.8) is 0 Å². The van der Waals surface area contributed by atoms with Gasteiger partial charge >= 0.3 is 4.87 Å². The fraction of sp³-hybridized carbons (Fsp3) is 0.375. The highest BCUT2D eigenvalue weighted by Gasteiger charge is 2.19. The smallest absolute Gasteiger partial charge is 0.307 e. The average Bonchev–Trinajstić information content (AvgIpc) is 2.84. The van der Waals surface area contributed by atoms with E-state index in [1.54, 1.807) is 23.9 Å². The highest BCUT2D eigenvalue weighted by atomic mass is 32.1. The SMILES string of the molecule is Cc1csc(=O)n1CCC(=O)N(C)C(C)c1ccc(F)c(F)c1. The molecule has 124 valence electrons. The van der Waals surface area contributed by atoms with Crippen LogP contribution in [0.2, 0.25) is 0 Å². The Morgan fingerprint density at radius 3 is 2.61 bits per heavy atom. The van der Waals surface area contributed by atoms with Crippen LogP contribution in [0.5, 0.6) is 0 Å². The summed E-state index contributed by atoms with van der Waals surface area (Å²) in [6, 6.07) is 3.21. The summed E-state index contributed by atoms with van der Waals surface area (Å²) in [4.78, 5) is 25.3. The topological polar surface area (TPSA) is 42.3 Å². The summed E-state index contributed by atoms with van der Waals surface area (Å²) in [6.45, 7) is 3.87. The number of hydrogen-bond acceptors (Lipinski definition) is 3. The van der Waals surface area contributed by atoms with E-state index in [0.29, 0.717) is 12.1 Å². The van der Waals surface area contributed by atoms with E-state index in [1.807, 2.05) is 6.92 Å². The Morgan fingerprint density at radius 1 is 1.35 bits per heavy atom. The lowest BCUT2D eigenvalue weighted by molar-refractivity contribution is -0.132. The minimum atomic E-state index is -0.935. The van der Waals surface area contributed by atoms with Crippen LogP contribution < -0.4 is 4.87 Å². The number of carbonyl (C=O) groups excluding carboxylic acids is 1. The molecule has 0 fully saturated rings. The van der Waals surface area contributed by atoms with Gasteiger partial charge in [0.05, 0.1) is 6.04 Å². The van der Waals surface area contributed by atoms with Gasteiger partial charge in [-0.25, -0.2) is 8.78 Å². The summed E-state index contributed by atoms with van der Waals surface area (Å²) in [6.07, 6.45) is 0.169. The van der Waals surface area contributed by atoms with Crippen molar-refractivity contribution in [3.05, 3.63) is 56.1 Å². The van der Waals surface area contributed by atoms with Crippen LogP contribution in [0.3, 0.4) is 0 Å². The van der Waals surface area contributed by atoms with Crippen LogP contribution in [0.1, 0.15) is 30.6 Å². The highest BCUT2D eigenvalue weighted by Crippen LogP contribution is 2.21. The van der Waals surface area contributed by atoms with Gasteiger partial charge in [0, 0.05) is 31.1 Å². The molecule has 1 aromatic heterocycles. The van der Waals surface area contributed by atoms with Gasteiger partial charge in [0.2, 0.25) is 5.91 Å². The number of aryl methyl sites for hydroxylation is 1. The molecule has 7 heteroatoms. The molecule has 1 unspecified atom stereocenters. The second-order valence-corrected chi connectivity index (χ2v) is 6.22. The molecule has 0 bridgehead atoms. The Kier molecular flexibility index (Phi) is 5.30. The predicted molar refractivity (Wildman–Crippen MR) is 85.5 cm³/mol. The van der Waals surface area contributed by atoms with Gasteiger partial charge in [-0.05, 0) is 31.5 Å². The molecule has 0 spiro atoms. The number of hydrogen-bond donors (Lipinski definition) is 0. The maximum Gasteiger partial charge on any atom is 0.307 e. The van der Waals surface area contributed by atoms with Crippen LogP contribution in [-0.2, 0) is 11.3 Å². The quantitative estimate of drug-likeness (QED) is 0.839. The van der Waals surface area contributed by atoms with Crippen molar-refractivity contribution in [1.29, 1.82) is 0 Å². The molecule has 0 aliphatic rings. The van der Waals surface area contributed by atoms with E-state index in [-0.39, 0.29) is 17.2 Å². The summed E-state index contributed by atoms with van der Waals surface area (Å²) in [7, 11) is 1.61. The molecule has 2 rings (SSSR count). The summed E-state index contributed by atoms with van der Waals surface area (Å²) < 4.78 is 27.9. The fourth-order valence-electron chi connectivity index (χ4n) is 2.27. The average molecular weight is 340 g/mol. The Bertz CT molecular complexity index is 770. The van der Waals surface area contributed by atoms with Crippen molar-refractivity contribution in [1.82, 2.24) is 9.47 Å². The Morgan fingerprint density at radius 2 is 2.04 bits per heavy atom. The minimum absolute atomic E-state index is 0.0911. The third-order valence-corrected chi connectivity index (χ3v) is 4.81. The van der Waals surface area contributed by atoms with E-state index in [2.05, 4.69) is 0 Å². The normalized spacial score (nSPS) is 12.2. The molecule has 4 nitrogen and oxygen atoms in total. The van der Waals surface area contributed by atoms with Crippen molar-refractivity contribution in [2.75, 3.05) is 7.05 Å². The molecule has 1 heterocycles. The second-order valence-electron chi connectivity index (χ2n) is 5.40. The van der Waals surface area contributed by atoms with E-state index in [1.165, 1.54) is 11.0 Å². The first-order valence-electron chi connectivity index (χ1n) is 7.16. The molecule has 2 aromatic rings. The zero-order valence-corrected chi connectivity index (χ0v) is 14.0. The van der Waals surface area contributed by atoms with Gasteiger partial charge in [-0.15, -0.1) is 0 Å². The molecular weight excluding hydrogens is 322 g/mol. The van der Waals surface area contributed by atoms with Crippen molar-refractivity contribution in [2.24, 2.45) is 0 Å². The second kappa shape index (κ2) is 7.04. The number of thiazole rings is 1. The number of amides is 1. The van der Waals surface area contributed by atoms with Crippen LogP contribution >= 0.6 is 11.3 Å². The molecule has 0 radical (unpaired) electrons. The largest absolute Gasteiger partial charge is 0.339 e. The maximum absolute atomic E-state index is 13.3. The number of halogens is 2. The van der Waals surface area contributed by atoms with E-state index in [9.17, 15) is 18.4 Å². The van der Waals surface area contributed by atoms with Crippen molar-refractivity contribution in [3.8, 4) is 0 Å². The molecule has 0 saturated carbocycles. The molecule has 0 aliphatic heterocycles. The predicted octanol–water partition coefficient (Wildman–Crippen LogP) is 3.11. The van der Waals surface area contributed by atoms with E-state index >= 15 is 0 Å². The molecule has 0 aliphatic carbocycles.